The highest BCUT2D eigenvalue weighted by Gasteiger charge is 2.26. The van der Waals surface area contributed by atoms with Crippen molar-refractivity contribution < 1.29 is 4.79 Å². The van der Waals surface area contributed by atoms with Crippen molar-refractivity contribution in [1.82, 2.24) is 10.2 Å². The molecule has 0 aromatic carbocycles. The topological polar surface area (TPSA) is 32.3 Å². The van der Waals surface area contributed by atoms with Crippen molar-refractivity contribution in [3.8, 4) is 0 Å². The fourth-order valence-electron chi connectivity index (χ4n) is 2.15. The molecular weight excluding hydrogens is 176 g/mol. The van der Waals surface area contributed by atoms with E-state index >= 15 is 0 Å². The third kappa shape index (κ3) is 2.71. The summed E-state index contributed by atoms with van der Waals surface area (Å²) < 4.78 is 0. The Morgan fingerprint density at radius 2 is 2.07 bits per heavy atom. The van der Waals surface area contributed by atoms with Crippen LogP contribution >= 0.6 is 0 Å². The van der Waals surface area contributed by atoms with Crippen LogP contribution in [0.3, 0.4) is 0 Å². The van der Waals surface area contributed by atoms with Crippen LogP contribution in [0.5, 0.6) is 0 Å². The maximum atomic E-state index is 12.0. The lowest BCUT2D eigenvalue weighted by molar-refractivity contribution is -0.136. The van der Waals surface area contributed by atoms with Gasteiger partial charge in [0.05, 0.1) is 0 Å². The third-order valence-electron chi connectivity index (χ3n) is 3.05. The number of nitrogens with zero attached hydrogens (tertiary/aromatic N) is 1. The second-order valence-electron chi connectivity index (χ2n) is 4.09. The Kier molecular flexibility index (Phi) is 4.39. The lowest BCUT2D eigenvalue weighted by Gasteiger charge is -2.31. The molecule has 0 spiro atoms. The van der Waals surface area contributed by atoms with Gasteiger partial charge in [0.1, 0.15) is 0 Å². The molecule has 0 radical (unpaired) electrons. The molecule has 1 rings (SSSR count). The van der Waals surface area contributed by atoms with Crippen LogP contribution in [0.1, 0.15) is 33.6 Å². The van der Waals surface area contributed by atoms with Crippen LogP contribution in [0, 0.1) is 5.92 Å². The molecular formula is C11H22N2O. The molecule has 1 saturated heterocycles. The molecule has 0 bridgehead atoms. The smallest absolute Gasteiger partial charge is 0.225 e. The quantitative estimate of drug-likeness (QED) is 0.740. The lowest BCUT2D eigenvalue weighted by atomic mass is 9.92. The van der Waals surface area contributed by atoms with Crippen molar-refractivity contribution in [3.05, 3.63) is 0 Å². The van der Waals surface area contributed by atoms with Crippen molar-refractivity contribution in [3.63, 3.8) is 0 Å². The van der Waals surface area contributed by atoms with E-state index in [1.807, 2.05) is 18.7 Å². The molecule has 2 atom stereocenters. The van der Waals surface area contributed by atoms with Gasteiger partial charge in [0.2, 0.25) is 5.91 Å². The van der Waals surface area contributed by atoms with Gasteiger partial charge in [-0.1, -0.05) is 0 Å². The minimum absolute atomic E-state index is 0.256. The van der Waals surface area contributed by atoms with Crippen LogP contribution in [-0.4, -0.2) is 36.5 Å². The van der Waals surface area contributed by atoms with Gasteiger partial charge >= 0.3 is 0 Å². The average Bonchev–Trinajstić information content (AvgIpc) is 2.19. The normalized spacial score (nSPS) is 27.4. The summed E-state index contributed by atoms with van der Waals surface area (Å²) in [6.07, 6.45) is 2.00. The van der Waals surface area contributed by atoms with Crippen molar-refractivity contribution in [2.24, 2.45) is 5.92 Å². The molecule has 0 aromatic heterocycles. The van der Waals surface area contributed by atoms with Crippen LogP contribution in [0.25, 0.3) is 0 Å². The molecule has 0 aliphatic carbocycles. The molecule has 3 heteroatoms. The zero-order valence-corrected chi connectivity index (χ0v) is 9.55. The summed E-state index contributed by atoms with van der Waals surface area (Å²) in [6.45, 7) is 8.92. The highest BCUT2D eigenvalue weighted by Crippen LogP contribution is 2.18. The van der Waals surface area contributed by atoms with Gasteiger partial charge in [-0.3, -0.25) is 4.79 Å². The Hall–Kier alpha value is -0.570. The lowest BCUT2D eigenvalue weighted by Crippen LogP contribution is -2.44. The number of rotatable bonds is 3. The molecule has 2 unspecified atom stereocenters. The number of hydrogen-bond acceptors (Lipinski definition) is 2. The predicted molar refractivity (Wildman–Crippen MR) is 58.1 cm³/mol. The third-order valence-corrected chi connectivity index (χ3v) is 3.05. The van der Waals surface area contributed by atoms with Gasteiger partial charge < -0.3 is 10.2 Å². The molecule has 14 heavy (non-hydrogen) atoms. The van der Waals surface area contributed by atoms with Crippen LogP contribution in [-0.2, 0) is 4.79 Å². The molecule has 1 N–H and O–H groups in total. The van der Waals surface area contributed by atoms with Crippen LogP contribution in [0.4, 0.5) is 0 Å². The summed E-state index contributed by atoms with van der Waals surface area (Å²) in [7, 11) is 0. The minimum atomic E-state index is 0.256. The van der Waals surface area contributed by atoms with Crippen molar-refractivity contribution >= 4 is 5.91 Å². The number of nitrogens with one attached hydrogen (secondary N) is 1. The van der Waals surface area contributed by atoms with Gasteiger partial charge in [0.15, 0.2) is 0 Å². The molecule has 1 aliphatic heterocycles. The van der Waals surface area contributed by atoms with Crippen LogP contribution < -0.4 is 5.32 Å². The van der Waals surface area contributed by atoms with E-state index in [1.165, 1.54) is 0 Å². The van der Waals surface area contributed by atoms with Crippen molar-refractivity contribution in [2.75, 3.05) is 19.6 Å². The monoisotopic (exact) mass is 198 g/mol. The first-order valence-corrected chi connectivity index (χ1v) is 5.71. The van der Waals surface area contributed by atoms with Crippen molar-refractivity contribution in [1.29, 1.82) is 0 Å². The Labute approximate surface area is 86.9 Å². The molecule has 1 amide bonds. The van der Waals surface area contributed by atoms with E-state index in [4.69, 9.17) is 0 Å². The number of carbonyl (C=O) groups excluding carboxylic acids is 1. The number of piperidine rings is 1. The number of hydrogen-bond donors (Lipinski definition) is 1. The van der Waals surface area contributed by atoms with E-state index in [2.05, 4.69) is 12.2 Å². The van der Waals surface area contributed by atoms with E-state index in [0.717, 1.165) is 32.5 Å². The van der Waals surface area contributed by atoms with E-state index in [-0.39, 0.29) is 5.92 Å². The Bertz CT molecular complexity index is 190. The van der Waals surface area contributed by atoms with Crippen LogP contribution in [0.15, 0.2) is 0 Å². The molecule has 1 heterocycles. The largest absolute Gasteiger partial charge is 0.343 e. The van der Waals surface area contributed by atoms with Gasteiger partial charge in [-0.05, 0) is 40.2 Å². The Morgan fingerprint density at radius 1 is 1.43 bits per heavy atom. The van der Waals surface area contributed by atoms with Gasteiger partial charge in [0, 0.05) is 25.0 Å². The first kappa shape index (κ1) is 11.5. The first-order valence-electron chi connectivity index (χ1n) is 5.71. The molecule has 0 aromatic rings. The molecule has 3 nitrogen and oxygen atoms in total. The summed E-state index contributed by atoms with van der Waals surface area (Å²) in [5.41, 5.74) is 0. The Morgan fingerprint density at radius 3 is 2.57 bits per heavy atom. The van der Waals surface area contributed by atoms with Gasteiger partial charge in [-0.2, -0.15) is 0 Å². The summed E-state index contributed by atoms with van der Waals surface area (Å²) in [6, 6.07) is 0.494. The maximum absolute atomic E-state index is 12.0. The van der Waals surface area contributed by atoms with E-state index in [0.29, 0.717) is 11.9 Å². The minimum Gasteiger partial charge on any atom is -0.343 e. The van der Waals surface area contributed by atoms with Crippen LogP contribution in [0.2, 0.25) is 0 Å². The second-order valence-corrected chi connectivity index (χ2v) is 4.09. The molecule has 1 fully saturated rings. The van der Waals surface area contributed by atoms with Gasteiger partial charge in [0.25, 0.3) is 0 Å². The van der Waals surface area contributed by atoms with E-state index in [9.17, 15) is 4.79 Å². The maximum Gasteiger partial charge on any atom is 0.225 e. The summed E-state index contributed by atoms with van der Waals surface area (Å²) in [5.74, 6) is 0.606. The average molecular weight is 198 g/mol. The first-order chi connectivity index (χ1) is 6.69. The Balaban J connectivity index is 2.50. The summed E-state index contributed by atoms with van der Waals surface area (Å²) in [4.78, 5) is 14.0. The zero-order chi connectivity index (χ0) is 10.6. The SMILES string of the molecule is CCN(CC)C(=O)C1CCNC(C)C1. The van der Waals surface area contributed by atoms with Gasteiger partial charge in [-0.15, -0.1) is 0 Å². The molecule has 1 aliphatic rings. The molecule has 0 saturated carbocycles. The standard InChI is InChI=1S/C11H22N2O/c1-4-13(5-2)11(14)10-6-7-12-9(3)8-10/h9-10,12H,4-8H2,1-3H3. The van der Waals surface area contributed by atoms with E-state index in [1.54, 1.807) is 0 Å². The highest BCUT2D eigenvalue weighted by molar-refractivity contribution is 5.79. The van der Waals surface area contributed by atoms with E-state index < -0.39 is 0 Å². The predicted octanol–water partition coefficient (Wildman–Crippen LogP) is 1.24. The highest BCUT2D eigenvalue weighted by atomic mass is 16.2. The summed E-state index contributed by atoms with van der Waals surface area (Å²) in [5, 5.41) is 3.37. The van der Waals surface area contributed by atoms with Crippen molar-refractivity contribution in [2.45, 2.75) is 39.7 Å². The zero-order valence-electron chi connectivity index (χ0n) is 9.55. The molecule has 82 valence electrons. The fourth-order valence-corrected chi connectivity index (χ4v) is 2.15. The summed E-state index contributed by atoms with van der Waals surface area (Å²) >= 11 is 0. The number of carbonyl (C=O) groups is 1. The second kappa shape index (κ2) is 5.35. The van der Waals surface area contributed by atoms with Gasteiger partial charge in [-0.25, -0.2) is 0 Å². The fraction of sp³-hybridized carbons (Fsp3) is 0.909. The number of amides is 1.